The van der Waals surface area contributed by atoms with Crippen molar-refractivity contribution in [3.8, 4) is 0 Å². The number of aromatic nitrogens is 1. The summed E-state index contributed by atoms with van der Waals surface area (Å²) in [4.78, 5) is 3.86. The molecule has 2 rings (SSSR count). The number of hydrogen-bond acceptors (Lipinski definition) is 3. The third-order valence-electron chi connectivity index (χ3n) is 3.29. The third kappa shape index (κ3) is 3.26. The fourth-order valence-electron chi connectivity index (χ4n) is 2.38. The predicted octanol–water partition coefficient (Wildman–Crippen LogP) is 3.95. The Balaban J connectivity index is 2.54. The summed E-state index contributed by atoms with van der Waals surface area (Å²) in [5.41, 5.74) is 0.160. The second-order valence-electron chi connectivity index (χ2n) is 4.60. The second-order valence-corrected chi connectivity index (χ2v) is 4.60. The lowest BCUT2D eigenvalue weighted by atomic mass is 9.95. The van der Waals surface area contributed by atoms with E-state index in [1.54, 1.807) is 6.07 Å². The first-order valence-corrected chi connectivity index (χ1v) is 6.79. The van der Waals surface area contributed by atoms with Gasteiger partial charge in [-0.15, -0.1) is 0 Å². The van der Waals surface area contributed by atoms with E-state index in [9.17, 15) is 13.2 Å². The largest absolute Gasteiger partial charge is 0.469 e. The van der Waals surface area contributed by atoms with Crippen LogP contribution < -0.4 is 5.32 Å². The molecule has 0 spiro atoms. The molecule has 21 heavy (non-hydrogen) atoms. The molecule has 0 saturated carbocycles. The van der Waals surface area contributed by atoms with E-state index in [2.05, 4.69) is 10.3 Å². The van der Waals surface area contributed by atoms with Crippen molar-refractivity contribution in [1.29, 1.82) is 0 Å². The number of alkyl halides is 3. The number of halogens is 3. The first-order valence-electron chi connectivity index (χ1n) is 6.79. The highest BCUT2D eigenvalue weighted by Crippen LogP contribution is 2.37. The van der Waals surface area contributed by atoms with Crippen molar-refractivity contribution in [3.05, 3.63) is 53.2 Å². The van der Waals surface area contributed by atoms with Crippen molar-refractivity contribution in [2.75, 3.05) is 6.54 Å². The van der Waals surface area contributed by atoms with Crippen LogP contribution in [0.3, 0.4) is 0 Å². The highest BCUT2D eigenvalue weighted by Gasteiger charge is 2.36. The van der Waals surface area contributed by atoms with Gasteiger partial charge in [-0.1, -0.05) is 13.8 Å². The van der Waals surface area contributed by atoms with E-state index in [0.717, 1.165) is 17.8 Å². The monoisotopic (exact) mass is 298 g/mol. The van der Waals surface area contributed by atoms with Crippen molar-refractivity contribution in [2.45, 2.75) is 32.5 Å². The minimum Gasteiger partial charge on any atom is -0.469 e. The van der Waals surface area contributed by atoms with E-state index in [4.69, 9.17) is 4.42 Å². The van der Waals surface area contributed by atoms with Gasteiger partial charge in [-0.25, -0.2) is 0 Å². The van der Waals surface area contributed by atoms with Crippen LogP contribution in [0.4, 0.5) is 13.2 Å². The molecule has 2 aromatic heterocycles. The van der Waals surface area contributed by atoms with E-state index in [-0.39, 0.29) is 5.56 Å². The molecule has 0 aliphatic carbocycles. The molecule has 0 fully saturated rings. The molecule has 0 radical (unpaired) electrons. The molecule has 6 heteroatoms. The zero-order valence-electron chi connectivity index (χ0n) is 11.9. The Morgan fingerprint density at radius 1 is 1.24 bits per heavy atom. The molecule has 0 aliphatic heterocycles. The van der Waals surface area contributed by atoms with Gasteiger partial charge >= 0.3 is 6.18 Å². The topological polar surface area (TPSA) is 38.1 Å². The van der Waals surface area contributed by atoms with Gasteiger partial charge in [0.05, 0.1) is 17.9 Å². The van der Waals surface area contributed by atoms with Crippen molar-refractivity contribution in [1.82, 2.24) is 10.3 Å². The lowest BCUT2D eigenvalue weighted by Gasteiger charge is -2.22. The molecular weight excluding hydrogens is 281 g/mol. The van der Waals surface area contributed by atoms with Gasteiger partial charge in [0.25, 0.3) is 0 Å². The number of aryl methyl sites for hydroxylation is 1. The third-order valence-corrected chi connectivity index (χ3v) is 3.29. The lowest BCUT2D eigenvalue weighted by Crippen LogP contribution is -2.25. The standard InChI is InChI=1S/C15H17F3N2O/c1-3-13-10(6-8-21-13)14(20-4-2)11-9-19-7-5-12(11)15(16,17)18/h5-9,14,20H,3-4H2,1-2H3. The Kier molecular flexibility index (Phi) is 4.67. The average Bonchev–Trinajstić information content (AvgIpc) is 2.92. The summed E-state index contributed by atoms with van der Waals surface area (Å²) in [6, 6.07) is 2.12. The van der Waals surface area contributed by atoms with Crippen LogP contribution in [0.5, 0.6) is 0 Å². The molecule has 0 aliphatic rings. The van der Waals surface area contributed by atoms with Crippen LogP contribution in [0.1, 0.15) is 42.3 Å². The SMILES string of the molecule is CCNC(c1cnccc1C(F)(F)F)c1ccoc1CC. The lowest BCUT2D eigenvalue weighted by molar-refractivity contribution is -0.138. The molecule has 3 nitrogen and oxygen atoms in total. The molecular formula is C15H17F3N2O. The molecule has 0 saturated heterocycles. The number of nitrogens with zero attached hydrogens (tertiary/aromatic N) is 1. The van der Waals surface area contributed by atoms with Gasteiger partial charge in [-0.2, -0.15) is 13.2 Å². The first-order chi connectivity index (χ1) is 9.99. The Labute approximate surface area is 121 Å². The number of hydrogen-bond donors (Lipinski definition) is 1. The van der Waals surface area contributed by atoms with Gasteiger partial charge in [0.1, 0.15) is 5.76 Å². The van der Waals surface area contributed by atoms with E-state index in [1.165, 1.54) is 12.5 Å². The number of pyridine rings is 1. The molecule has 0 aromatic carbocycles. The van der Waals surface area contributed by atoms with Gasteiger partial charge in [0, 0.05) is 29.9 Å². The molecule has 1 atom stereocenters. The highest BCUT2D eigenvalue weighted by molar-refractivity contribution is 5.38. The van der Waals surface area contributed by atoms with Crippen molar-refractivity contribution in [3.63, 3.8) is 0 Å². The Hall–Kier alpha value is -1.82. The summed E-state index contributed by atoms with van der Waals surface area (Å²) in [6.07, 6.45) is 0.129. The maximum atomic E-state index is 13.2. The van der Waals surface area contributed by atoms with Gasteiger partial charge < -0.3 is 9.73 Å². The predicted molar refractivity (Wildman–Crippen MR) is 72.8 cm³/mol. The van der Waals surface area contributed by atoms with Gasteiger partial charge in [0.15, 0.2) is 0 Å². The smallest absolute Gasteiger partial charge is 0.416 e. The minimum atomic E-state index is -4.41. The molecule has 2 heterocycles. The van der Waals surface area contributed by atoms with Crippen molar-refractivity contribution < 1.29 is 17.6 Å². The van der Waals surface area contributed by atoms with Crippen LogP contribution in [0.25, 0.3) is 0 Å². The van der Waals surface area contributed by atoms with Crippen LogP contribution in [0, 0.1) is 0 Å². The molecule has 0 amide bonds. The van der Waals surface area contributed by atoms with Crippen LogP contribution in [0.15, 0.2) is 35.2 Å². The van der Waals surface area contributed by atoms with Crippen LogP contribution in [0.2, 0.25) is 0 Å². The summed E-state index contributed by atoms with van der Waals surface area (Å²) in [6.45, 7) is 4.28. The molecule has 0 bridgehead atoms. The highest BCUT2D eigenvalue weighted by atomic mass is 19.4. The maximum Gasteiger partial charge on any atom is 0.416 e. The second kappa shape index (κ2) is 6.30. The van der Waals surface area contributed by atoms with Gasteiger partial charge in [-0.05, 0) is 18.7 Å². The fraction of sp³-hybridized carbons (Fsp3) is 0.400. The summed E-state index contributed by atoms with van der Waals surface area (Å²) in [7, 11) is 0. The zero-order chi connectivity index (χ0) is 15.5. The van der Waals surface area contributed by atoms with Crippen LogP contribution >= 0.6 is 0 Å². The summed E-state index contributed by atoms with van der Waals surface area (Å²) < 4.78 is 44.9. The van der Waals surface area contributed by atoms with Crippen molar-refractivity contribution >= 4 is 0 Å². The average molecular weight is 298 g/mol. The van der Waals surface area contributed by atoms with E-state index < -0.39 is 17.8 Å². The summed E-state index contributed by atoms with van der Waals surface area (Å²) in [5, 5.41) is 3.09. The molecule has 114 valence electrons. The van der Waals surface area contributed by atoms with Gasteiger partial charge in [0.2, 0.25) is 0 Å². The van der Waals surface area contributed by atoms with Gasteiger partial charge in [-0.3, -0.25) is 4.98 Å². The van der Waals surface area contributed by atoms with E-state index >= 15 is 0 Å². The normalized spacial score (nSPS) is 13.4. The fourth-order valence-corrected chi connectivity index (χ4v) is 2.38. The number of nitrogens with one attached hydrogen (secondary N) is 1. The minimum absolute atomic E-state index is 0.114. The summed E-state index contributed by atoms with van der Waals surface area (Å²) >= 11 is 0. The quantitative estimate of drug-likeness (QED) is 0.908. The van der Waals surface area contributed by atoms with E-state index in [0.29, 0.717) is 18.7 Å². The molecule has 1 N–H and O–H groups in total. The van der Waals surface area contributed by atoms with Crippen LogP contribution in [-0.2, 0) is 12.6 Å². The zero-order valence-corrected chi connectivity index (χ0v) is 11.9. The first kappa shape index (κ1) is 15.6. The van der Waals surface area contributed by atoms with Crippen molar-refractivity contribution in [2.24, 2.45) is 0 Å². The number of furan rings is 1. The molecule has 2 aromatic rings. The van der Waals surface area contributed by atoms with E-state index in [1.807, 2.05) is 13.8 Å². The maximum absolute atomic E-state index is 13.2. The number of rotatable bonds is 5. The Morgan fingerprint density at radius 3 is 2.62 bits per heavy atom. The Morgan fingerprint density at radius 2 is 2.00 bits per heavy atom. The van der Waals surface area contributed by atoms with Crippen LogP contribution in [-0.4, -0.2) is 11.5 Å². The summed E-state index contributed by atoms with van der Waals surface area (Å²) in [5.74, 6) is 0.679. The Bertz CT molecular complexity index is 593. The molecule has 1 unspecified atom stereocenters.